The van der Waals surface area contributed by atoms with E-state index in [0.717, 1.165) is 12.5 Å². The molecule has 0 radical (unpaired) electrons. The molecular weight excluding hydrogens is 216 g/mol. The van der Waals surface area contributed by atoms with Crippen molar-refractivity contribution in [3.05, 3.63) is 35.4 Å². The van der Waals surface area contributed by atoms with Gasteiger partial charge in [0.05, 0.1) is 0 Å². The van der Waals surface area contributed by atoms with Crippen LogP contribution in [0.2, 0.25) is 0 Å². The third-order valence-corrected chi connectivity index (χ3v) is 3.39. The number of benzene rings is 1. The molecule has 0 aliphatic carbocycles. The van der Waals surface area contributed by atoms with Crippen LogP contribution in [-0.4, -0.2) is 11.8 Å². The molecule has 1 aromatic rings. The quantitative estimate of drug-likeness (QED) is 0.843. The van der Waals surface area contributed by atoms with Crippen molar-refractivity contribution < 1.29 is 8.78 Å². The Kier molecular flexibility index (Phi) is 5.05. The van der Waals surface area contributed by atoms with Crippen molar-refractivity contribution in [3.63, 3.8) is 0 Å². The number of thioether (sulfide) groups is 1. The minimum atomic E-state index is -0.390. The number of nitrogens with two attached hydrogens (primary N) is 1. The van der Waals surface area contributed by atoms with Gasteiger partial charge in [0.15, 0.2) is 0 Å². The maximum absolute atomic E-state index is 13.2. The Morgan fingerprint density at radius 3 is 2.80 bits per heavy atom. The summed E-state index contributed by atoms with van der Waals surface area (Å²) in [7, 11) is 0. The first kappa shape index (κ1) is 12.5. The standard InChI is InChI=1S/C11H15F2NS/c1-8(4-5-14)15-7-9-6-10(12)2-3-11(9)13/h2-3,6,8H,4-5,7,14H2,1H3. The van der Waals surface area contributed by atoms with Crippen molar-refractivity contribution in [1.82, 2.24) is 0 Å². The van der Waals surface area contributed by atoms with Crippen LogP contribution < -0.4 is 5.73 Å². The molecule has 4 heteroatoms. The topological polar surface area (TPSA) is 26.0 Å². The highest BCUT2D eigenvalue weighted by molar-refractivity contribution is 7.99. The van der Waals surface area contributed by atoms with E-state index in [1.165, 1.54) is 12.1 Å². The maximum Gasteiger partial charge on any atom is 0.127 e. The van der Waals surface area contributed by atoms with E-state index >= 15 is 0 Å². The molecule has 0 aliphatic heterocycles. The molecule has 1 rings (SSSR count). The fourth-order valence-electron chi connectivity index (χ4n) is 1.20. The first-order valence-electron chi connectivity index (χ1n) is 4.89. The highest BCUT2D eigenvalue weighted by Gasteiger charge is 2.06. The number of halogens is 2. The molecule has 0 amide bonds. The van der Waals surface area contributed by atoms with Gasteiger partial charge >= 0.3 is 0 Å². The largest absolute Gasteiger partial charge is 0.330 e. The Balaban J connectivity index is 2.53. The molecule has 1 unspecified atom stereocenters. The van der Waals surface area contributed by atoms with Gasteiger partial charge in [-0.15, -0.1) is 0 Å². The molecule has 0 fully saturated rings. The third-order valence-electron chi connectivity index (χ3n) is 2.10. The normalized spacial score (nSPS) is 12.8. The van der Waals surface area contributed by atoms with Gasteiger partial charge in [0, 0.05) is 16.6 Å². The molecule has 0 spiro atoms. The monoisotopic (exact) mass is 231 g/mol. The van der Waals surface area contributed by atoms with Crippen LogP contribution in [0.15, 0.2) is 18.2 Å². The van der Waals surface area contributed by atoms with Crippen molar-refractivity contribution >= 4 is 11.8 Å². The van der Waals surface area contributed by atoms with Gasteiger partial charge in [-0.2, -0.15) is 11.8 Å². The van der Waals surface area contributed by atoms with Gasteiger partial charge in [0.1, 0.15) is 11.6 Å². The lowest BCUT2D eigenvalue weighted by atomic mass is 10.2. The van der Waals surface area contributed by atoms with Crippen molar-refractivity contribution in [2.75, 3.05) is 6.54 Å². The van der Waals surface area contributed by atoms with Crippen LogP contribution in [0.5, 0.6) is 0 Å². The van der Waals surface area contributed by atoms with Gasteiger partial charge in [0.25, 0.3) is 0 Å². The number of hydrogen-bond acceptors (Lipinski definition) is 2. The van der Waals surface area contributed by atoms with Crippen LogP contribution in [0.3, 0.4) is 0 Å². The van der Waals surface area contributed by atoms with Crippen molar-refractivity contribution in [3.8, 4) is 0 Å². The smallest absolute Gasteiger partial charge is 0.127 e. The zero-order chi connectivity index (χ0) is 11.3. The van der Waals surface area contributed by atoms with Gasteiger partial charge in [-0.1, -0.05) is 6.92 Å². The Morgan fingerprint density at radius 1 is 1.40 bits per heavy atom. The summed E-state index contributed by atoms with van der Waals surface area (Å²) in [5.41, 5.74) is 5.83. The van der Waals surface area contributed by atoms with E-state index in [4.69, 9.17) is 5.73 Å². The van der Waals surface area contributed by atoms with Crippen LogP contribution in [0.1, 0.15) is 18.9 Å². The van der Waals surface area contributed by atoms with Gasteiger partial charge < -0.3 is 5.73 Å². The fraction of sp³-hybridized carbons (Fsp3) is 0.455. The number of hydrogen-bond donors (Lipinski definition) is 1. The molecular formula is C11H15F2NS. The highest BCUT2D eigenvalue weighted by atomic mass is 32.2. The lowest BCUT2D eigenvalue weighted by molar-refractivity contribution is 0.591. The van der Waals surface area contributed by atoms with E-state index in [2.05, 4.69) is 0 Å². The fourth-order valence-corrected chi connectivity index (χ4v) is 2.19. The van der Waals surface area contributed by atoms with E-state index in [1.807, 2.05) is 6.92 Å². The second kappa shape index (κ2) is 6.08. The van der Waals surface area contributed by atoms with Crippen molar-refractivity contribution in [1.29, 1.82) is 0 Å². The zero-order valence-electron chi connectivity index (χ0n) is 8.67. The summed E-state index contributed by atoms with van der Waals surface area (Å²) >= 11 is 1.59. The minimum Gasteiger partial charge on any atom is -0.330 e. The summed E-state index contributed by atoms with van der Waals surface area (Å²) in [5.74, 6) is -0.243. The van der Waals surface area contributed by atoms with E-state index < -0.39 is 5.82 Å². The summed E-state index contributed by atoms with van der Waals surface area (Å²) in [6.07, 6.45) is 0.890. The van der Waals surface area contributed by atoms with Gasteiger partial charge in [-0.05, 0) is 31.2 Å². The van der Waals surface area contributed by atoms with Crippen LogP contribution in [-0.2, 0) is 5.75 Å². The third kappa shape index (κ3) is 4.18. The summed E-state index contributed by atoms with van der Waals surface area (Å²) in [6, 6.07) is 3.54. The Labute approximate surface area is 93.1 Å². The average Bonchev–Trinajstić information content (AvgIpc) is 2.20. The molecule has 0 saturated carbocycles. The minimum absolute atomic E-state index is 0.344. The van der Waals surface area contributed by atoms with Crippen LogP contribution in [0.25, 0.3) is 0 Å². The summed E-state index contributed by atoms with van der Waals surface area (Å²) < 4.78 is 26.0. The molecule has 1 aromatic carbocycles. The van der Waals surface area contributed by atoms with Crippen LogP contribution in [0, 0.1) is 11.6 Å². The van der Waals surface area contributed by atoms with Crippen LogP contribution >= 0.6 is 11.8 Å². The number of rotatable bonds is 5. The highest BCUT2D eigenvalue weighted by Crippen LogP contribution is 2.21. The van der Waals surface area contributed by atoms with Gasteiger partial charge in [-0.3, -0.25) is 0 Å². The Hall–Kier alpha value is -0.610. The first-order chi connectivity index (χ1) is 7.13. The molecule has 84 valence electrons. The molecule has 1 atom stereocenters. The first-order valence-corrected chi connectivity index (χ1v) is 5.94. The molecule has 1 nitrogen and oxygen atoms in total. The second-order valence-electron chi connectivity index (χ2n) is 3.43. The van der Waals surface area contributed by atoms with Crippen molar-refractivity contribution in [2.24, 2.45) is 5.73 Å². The molecule has 2 N–H and O–H groups in total. The summed E-state index contributed by atoms with van der Waals surface area (Å²) in [4.78, 5) is 0. The van der Waals surface area contributed by atoms with E-state index in [0.29, 0.717) is 23.1 Å². The maximum atomic E-state index is 13.2. The van der Waals surface area contributed by atoms with Gasteiger partial charge in [-0.25, -0.2) is 8.78 Å². The molecule has 0 aliphatic rings. The van der Waals surface area contributed by atoms with Crippen molar-refractivity contribution in [2.45, 2.75) is 24.3 Å². The SMILES string of the molecule is CC(CCN)SCc1cc(F)ccc1F. The summed E-state index contributed by atoms with van der Waals surface area (Å²) in [5, 5.41) is 0.373. The zero-order valence-corrected chi connectivity index (χ0v) is 9.49. The van der Waals surface area contributed by atoms with E-state index in [1.54, 1.807) is 11.8 Å². The molecule has 15 heavy (non-hydrogen) atoms. The van der Waals surface area contributed by atoms with Gasteiger partial charge in [0.2, 0.25) is 0 Å². The molecule has 0 heterocycles. The Morgan fingerprint density at radius 2 is 2.13 bits per heavy atom. The average molecular weight is 231 g/mol. The lowest BCUT2D eigenvalue weighted by Crippen LogP contribution is -2.07. The molecule has 0 aromatic heterocycles. The molecule has 0 bridgehead atoms. The Bertz CT molecular complexity index is 317. The predicted molar refractivity (Wildman–Crippen MR) is 60.8 cm³/mol. The van der Waals surface area contributed by atoms with E-state index in [-0.39, 0.29) is 5.82 Å². The van der Waals surface area contributed by atoms with Crippen LogP contribution in [0.4, 0.5) is 8.78 Å². The second-order valence-corrected chi connectivity index (χ2v) is 4.86. The lowest BCUT2D eigenvalue weighted by Gasteiger charge is -2.09. The molecule has 0 saturated heterocycles. The summed E-state index contributed by atoms with van der Waals surface area (Å²) in [6.45, 7) is 2.66. The van der Waals surface area contributed by atoms with E-state index in [9.17, 15) is 8.78 Å². The predicted octanol–water partition coefficient (Wildman–Crippen LogP) is 2.94.